The normalized spacial score (nSPS) is 20.3. The summed E-state index contributed by atoms with van der Waals surface area (Å²) in [7, 11) is 0. The first kappa shape index (κ1) is 19.7. The summed E-state index contributed by atoms with van der Waals surface area (Å²) in [6, 6.07) is 8.08. The van der Waals surface area contributed by atoms with Crippen LogP contribution in [-0.2, 0) is 17.5 Å². The molecule has 1 aliphatic heterocycles. The zero-order valence-electron chi connectivity index (χ0n) is 15.8. The van der Waals surface area contributed by atoms with Gasteiger partial charge in [-0.2, -0.15) is 13.2 Å². The summed E-state index contributed by atoms with van der Waals surface area (Å²) in [5.41, 5.74) is -0.0400. The van der Waals surface area contributed by atoms with Crippen molar-refractivity contribution in [2.24, 2.45) is 11.3 Å². The lowest BCUT2D eigenvalue weighted by Gasteiger charge is -2.23. The Bertz CT molecular complexity index is 895. The lowest BCUT2D eigenvalue weighted by molar-refractivity contribution is -0.137. The molecule has 4 rings (SSSR count). The topological polar surface area (TPSA) is 63.2 Å². The number of amides is 1. The van der Waals surface area contributed by atoms with Gasteiger partial charge in [-0.25, -0.2) is 4.98 Å². The molecule has 1 saturated heterocycles. The van der Waals surface area contributed by atoms with Gasteiger partial charge in [-0.3, -0.25) is 4.79 Å². The Balaban J connectivity index is 1.41. The lowest BCUT2D eigenvalue weighted by atomic mass is 9.92. The molecule has 1 saturated carbocycles. The number of aromatic nitrogens is 1. The quantitative estimate of drug-likeness (QED) is 0.792. The van der Waals surface area contributed by atoms with Gasteiger partial charge < -0.3 is 15.4 Å². The molecule has 1 amide bonds. The number of nitrogens with one attached hydrogen (secondary N) is 2. The van der Waals surface area contributed by atoms with E-state index in [1.54, 1.807) is 12.1 Å². The highest BCUT2D eigenvalue weighted by atomic mass is 19.4. The van der Waals surface area contributed by atoms with E-state index in [9.17, 15) is 18.0 Å². The van der Waals surface area contributed by atoms with Gasteiger partial charge in [-0.15, -0.1) is 0 Å². The van der Waals surface area contributed by atoms with Crippen LogP contribution in [0.25, 0.3) is 0 Å². The number of carbonyl (C=O) groups excluding carboxylic acids is 1. The highest BCUT2D eigenvalue weighted by Crippen LogP contribution is 2.58. The minimum absolute atomic E-state index is 0.0146. The molecule has 1 atom stereocenters. The zero-order valence-corrected chi connectivity index (χ0v) is 15.8. The van der Waals surface area contributed by atoms with E-state index in [-0.39, 0.29) is 35.4 Å². The number of ether oxygens (including phenoxy) is 1. The minimum Gasteiger partial charge on any atom is -0.439 e. The number of piperidine rings is 1. The van der Waals surface area contributed by atoms with Gasteiger partial charge in [-0.1, -0.05) is 12.1 Å². The maximum atomic E-state index is 12.9. The second-order valence-electron chi connectivity index (χ2n) is 7.68. The van der Waals surface area contributed by atoms with Crippen LogP contribution in [0.1, 0.15) is 30.4 Å². The number of hydrogen-bond donors (Lipinski definition) is 2. The first-order valence-electron chi connectivity index (χ1n) is 9.65. The van der Waals surface area contributed by atoms with Crippen molar-refractivity contribution in [3.63, 3.8) is 0 Å². The van der Waals surface area contributed by atoms with Gasteiger partial charge in [0, 0.05) is 24.2 Å². The van der Waals surface area contributed by atoms with Gasteiger partial charge in [0.2, 0.25) is 11.8 Å². The molecule has 29 heavy (non-hydrogen) atoms. The van der Waals surface area contributed by atoms with E-state index in [0.29, 0.717) is 5.56 Å². The molecule has 2 N–H and O–H groups in total. The summed E-state index contributed by atoms with van der Waals surface area (Å²) in [5.74, 6) is 0.274. The molecule has 1 aromatic carbocycles. The second-order valence-corrected chi connectivity index (χ2v) is 7.68. The predicted molar refractivity (Wildman–Crippen MR) is 100 cm³/mol. The number of benzene rings is 1. The van der Waals surface area contributed by atoms with Crippen LogP contribution >= 0.6 is 0 Å². The van der Waals surface area contributed by atoms with Gasteiger partial charge in [0.1, 0.15) is 5.75 Å². The van der Waals surface area contributed by atoms with Gasteiger partial charge in [0.25, 0.3) is 0 Å². The zero-order chi connectivity index (χ0) is 20.5. The fourth-order valence-corrected chi connectivity index (χ4v) is 4.00. The predicted octanol–water partition coefficient (Wildman–Crippen LogP) is 3.90. The molecule has 154 valence electrons. The Morgan fingerprint density at radius 3 is 2.79 bits per heavy atom. The molecular weight excluding hydrogens is 383 g/mol. The fourth-order valence-electron chi connectivity index (χ4n) is 4.00. The van der Waals surface area contributed by atoms with Crippen molar-refractivity contribution in [1.82, 2.24) is 15.6 Å². The average Bonchev–Trinajstić information content (AvgIpc) is 3.40. The van der Waals surface area contributed by atoms with E-state index >= 15 is 0 Å². The molecule has 1 aliphatic carbocycles. The van der Waals surface area contributed by atoms with Gasteiger partial charge >= 0.3 is 6.18 Å². The van der Waals surface area contributed by atoms with Crippen LogP contribution in [-0.4, -0.2) is 24.0 Å². The van der Waals surface area contributed by atoms with Crippen molar-refractivity contribution >= 4 is 5.91 Å². The third-order valence-electron chi connectivity index (χ3n) is 5.78. The van der Waals surface area contributed by atoms with Crippen LogP contribution in [0.4, 0.5) is 13.2 Å². The van der Waals surface area contributed by atoms with E-state index in [0.717, 1.165) is 44.5 Å². The number of rotatable bonds is 5. The van der Waals surface area contributed by atoms with Crippen molar-refractivity contribution in [2.45, 2.75) is 32.0 Å². The fraction of sp³-hybridized carbons (Fsp3) is 0.429. The van der Waals surface area contributed by atoms with Crippen molar-refractivity contribution in [2.75, 3.05) is 13.1 Å². The Morgan fingerprint density at radius 1 is 1.24 bits per heavy atom. The summed E-state index contributed by atoms with van der Waals surface area (Å²) in [4.78, 5) is 16.7. The molecular formula is C21H22F3N3O2. The summed E-state index contributed by atoms with van der Waals surface area (Å²) in [5, 5.41) is 6.25. The van der Waals surface area contributed by atoms with Crippen LogP contribution in [0.3, 0.4) is 0 Å². The van der Waals surface area contributed by atoms with Gasteiger partial charge in [-0.05, 0) is 62.0 Å². The summed E-state index contributed by atoms with van der Waals surface area (Å²) in [6.07, 6.45) is -0.000749. The Hall–Kier alpha value is -2.61. The maximum Gasteiger partial charge on any atom is 0.416 e. The van der Waals surface area contributed by atoms with Crippen LogP contribution in [0.5, 0.6) is 11.6 Å². The van der Waals surface area contributed by atoms with E-state index in [4.69, 9.17) is 4.74 Å². The minimum atomic E-state index is -4.45. The first-order valence-corrected chi connectivity index (χ1v) is 9.65. The van der Waals surface area contributed by atoms with Crippen molar-refractivity contribution in [1.29, 1.82) is 0 Å². The lowest BCUT2D eigenvalue weighted by Crippen LogP contribution is -2.33. The highest BCUT2D eigenvalue weighted by Gasteiger charge is 2.57. The van der Waals surface area contributed by atoms with E-state index in [1.807, 2.05) is 0 Å². The molecule has 2 aliphatic rings. The number of nitrogens with zero attached hydrogens (tertiary/aromatic N) is 1. The SMILES string of the molecule is O=C(NCc1cccnc1Oc1cccc(C(F)(F)F)c1)[C@@H]1CC12CCNCC2. The third-order valence-corrected chi connectivity index (χ3v) is 5.78. The summed E-state index contributed by atoms with van der Waals surface area (Å²) >= 11 is 0. The highest BCUT2D eigenvalue weighted by molar-refractivity contribution is 5.82. The van der Waals surface area contributed by atoms with Crippen molar-refractivity contribution in [3.8, 4) is 11.6 Å². The summed E-state index contributed by atoms with van der Waals surface area (Å²) in [6.45, 7) is 2.11. The first-order chi connectivity index (χ1) is 13.9. The molecule has 8 heteroatoms. The second kappa shape index (κ2) is 7.67. The third kappa shape index (κ3) is 4.37. The number of pyridine rings is 1. The Kier molecular flexibility index (Phi) is 5.21. The molecule has 5 nitrogen and oxygen atoms in total. The largest absolute Gasteiger partial charge is 0.439 e. The van der Waals surface area contributed by atoms with Crippen LogP contribution in [0, 0.1) is 11.3 Å². The summed E-state index contributed by atoms with van der Waals surface area (Å²) < 4.78 is 44.3. The smallest absolute Gasteiger partial charge is 0.416 e. The van der Waals surface area contributed by atoms with Gasteiger partial charge in [0.05, 0.1) is 5.56 Å². The number of hydrogen-bond acceptors (Lipinski definition) is 4. The molecule has 2 heterocycles. The van der Waals surface area contributed by atoms with Crippen LogP contribution in [0.2, 0.25) is 0 Å². The van der Waals surface area contributed by atoms with Crippen LogP contribution in [0.15, 0.2) is 42.6 Å². The standard InChI is InChI=1S/C21H22F3N3O2/c22-21(23,24)15-4-1-5-16(11-15)29-19-14(3-2-8-26-19)13-27-18(28)17-12-20(17)6-9-25-10-7-20/h1-5,8,11,17,25H,6-7,9-10,12-13H2,(H,27,28)/t17-/m0/s1. The maximum absolute atomic E-state index is 12.9. The molecule has 0 unspecified atom stereocenters. The molecule has 2 aromatic rings. The van der Waals surface area contributed by atoms with E-state index in [1.165, 1.54) is 18.3 Å². The van der Waals surface area contributed by atoms with Crippen molar-refractivity contribution in [3.05, 3.63) is 53.7 Å². The molecule has 0 radical (unpaired) electrons. The molecule has 0 bridgehead atoms. The Labute approximate surface area is 166 Å². The van der Waals surface area contributed by atoms with Crippen LogP contribution < -0.4 is 15.4 Å². The number of halogens is 3. The molecule has 1 spiro atoms. The van der Waals surface area contributed by atoms with Gasteiger partial charge in [0.15, 0.2) is 0 Å². The van der Waals surface area contributed by atoms with E-state index in [2.05, 4.69) is 15.6 Å². The molecule has 2 fully saturated rings. The van der Waals surface area contributed by atoms with Crippen molar-refractivity contribution < 1.29 is 22.7 Å². The number of alkyl halides is 3. The monoisotopic (exact) mass is 405 g/mol. The number of carbonyl (C=O) groups is 1. The molecule has 1 aromatic heterocycles. The Morgan fingerprint density at radius 2 is 2.03 bits per heavy atom. The average molecular weight is 405 g/mol. The van der Waals surface area contributed by atoms with E-state index < -0.39 is 11.7 Å².